The Kier molecular flexibility index (Phi) is 6.06. The first-order chi connectivity index (χ1) is 13.0. The van der Waals surface area contributed by atoms with E-state index < -0.39 is 10.0 Å². The van der Waals surface area contributed by atoms with Gasteiger partial charge in [-0.15, -0.1) is 0 Å². The molecule has 0 saturated carbocycles. The maximum absolute atomic E-state index is 13.1. The first-order valence-corrected chi connectivity index (χ1v) is 10.7. The van der Waals surface area contributed by atoms with Crippen LogP contribution in [0.3, 0.4) is 0 Å². The highest BCUT2D eigenvalue weighted by molar-refractivity contribution is 7.89. The molecule has 7 nitrogen and oxygen atoms in total. The lowest BCUT2D eigenvalue weighted by Crippen LogP contribution is -2.41. The SMILES string of the molecule is CCn1ncc(S(=O)(=O)N2CCC[C@H](COc3cccc(OC)c3)C2)c1C. The first-order valence-electron chi connectivity index (χ1n) is 9.25. The third kappa shape index (κ3) is 4.27. The second-order valence-corrected chi connectivity index (χ2v) is 8.68. The average Bonchev–Trinajstić information content (AvgIpc) is 3.08. The van der Waals surface area contributed by atoms with Crippen LogP contribution >= 0.6 is 0 Å². The summed E-state index contributed by atoms with van der Waals surface area (Å²) in [5.41, 5.74) is 0.687. The zero-order valence-electron chi connectivity index (χ0n) is 16.1. The van der Waals surface area contributed by atoms with Gasteiger partial charge in [-0.25, -0.2) is 8.42 Å². The van der Waals surface area contributed by atoms with Crippen molar-refractivity contribution in [1.29, 1.82) is 0 Å². The first kappa shape index (κ1) is 19.7. The van der Waals surface area contributed by atoms with E-state index in [0.717, 1.165) is 24.3 Å². The van der Waals surface area contributed by atoms with E-state index >= 15 is 0 Å². The molecule has 8 heteroatoms. The third-order valence-electron chi connectivity index (χ3n) is 4.98. The highest BCUT2D eigenvalue weighted by atomic mass is 32.2. The fourth-order valence-corrected chi connectivity index (χ4v) is 5.14. The van der Waals surface area contributed by atoms with Crippen molar-refractivity contribution in [1.82, 2.24) is 14.1 Å². The highest BCUT2D eigenvalue weighted by Crippen LogP contribution is 2.27. The van der Waals surface area contributed by atoms with Gasteiger partial charge in [-0.2, -0.15) is 9.40 Å². The molecule has 3 rings (SSSR count). The fourth-order valence-electron chi connectivity index (χ4n) is 3.43. The minimum absolute atomic E-state index is 0.154. The molecular weight excluding hydrogens is 366 g/mol. The summed E-state index contributed by atoms with van der Waals surface area (Å²) in [5.74, 6) is 1.62. The van der Waals surface area contributed by atoms with Crippen molar-refractivity contribution in [2.75, 3.05) is 26.8 Å². The van der Waals surface area contributed by atoms with E-state index in [1.54, 1.807) is 23.0 Å². The van der Waals surface area contributed by atoms with Crippen LogP contribution in [0.1, 0.15) is 25.5 Å². The molecule has 2 aromatic rings. The number of hydrogen-bond donors (Lipinski definition) is 0. The Hall–Kier alpha value is -2.06. The topological polar surface area (TPSA) is 73.7 Å². The van der Waals surface area contributed by atoms with Gasteiger partial charge in [0, 0.05) is 31.6 Å². The smallest absolute Gasteiger partial charge is 0.246 e. The molecule has 0 unspecified atom stereocenters. The molecule has 1 aliphatic rings. The van der Waals surface area contributed by atoms with Gasteiger partial charge in [0.05, 0.1) is 25.6 Å². The second kappa shape index (κ2) is 8.31. The van der Waals surface area contributed by atoms with Crippen molar-refractivity contribution in [2.45, 2.75) is 38.1 Å². The molecule has 1 saturated heterocycles. The zero-order valence-corrected chi connectivity index (χ0v) is 16.9. The Balaban J connectivity index is 1.67. The number of rotatable bonds is 7. The predicted octanol–water partition coefficient (Wildman–Crippen LogP) is 2.70. The van der Waals surface area contributed by atoms with Crippen LogP contribution in [-0.4, -0.2) is 49.3 Å². The van der Waals surface area contributed by atoms with E-state index in [1.807, 2.05) is 31.2 Å². The number of piperidine rings is 1. The van der Waals surface area contributed by atoms with Gasteiger partial charge in [0.25, 0.3) is 0 Å². The van der Waals surface area contributed by atoms with Crippen LogP contribution in [-0.2, 0) is 16.6 Å². The minimum Gasteiger partial charge on any atom is -0.497 e. The van der Waals surface area contributed by atoms with Crippen molar-refractivity contribution in [3.8, 4) is 11.5 Å². The number of sulfonamides is 1. The number of benzene rings is 1. The Bertz CT molecular complexity index is 879. The lowest BCUT2D eigenvalue weighted by Gasteiger charge is -2.31. The van der Waals surface area contributed by atoms with Crippen LogP contribution in [0.5, 0.6) is 11.5 Å². The van der Waals surface area contributed by atoms with Crippen molar-refractivity contribution in [2.24, 2.45) is 5.92 Å². The summed E-state index contributed by atoms with van der Waals surface area (Å²) in [7, 11) is -1.92. The fraction of sp³-hybridized carbons (Fsp3) is 0.526. The maximum Gasteiger partial charge on any atom is 0.246 e. The molecule has 0 spiro atoms. The Morgan fingerprint density at radius 1 is 1.30 bits per heavy atom. The van der Waals surface area contributed by atoms with Crippen LogP contribution < -0.4 is 9.47 Å². The normalized spacial score (nSPS) is 18.4. The molecule has 148 valence electrons. The molecule has 1 fully saturated rings. The lowest BCUT2D eigenvalue weighted by molar-refractivity contribution is 0.180. The quantitative estimate of drug-likeness (QED) is 0.723. The van der Waals surface area contributed by atoms with Crippen molar-refractivity contribution < 1.29 is 17.9 Å². The molecule has 0 radical (unpaired) electrons. The maximum atomic E-state index is 13.1. The van der Waals surface area contributed by atoms with Crippen molar-refractivity contribution in [3.05, 3.63) is 36.2 Å². The standard InChI is InChI=1S/C19H27N3O4S/c1-4-22-15(2)19(12-20-22)27(23,24)21-10-6-7-16(13-21)14-26-18-9-5-8-17(11-18)25-3/h5,8-9,11-12,16H,4,6-7,10,13-14H2,1-3H3/t16-/m0/s1. The van der Waals surface area contributed by atoms with E-state index in [2.05, 4.69) is 5.10 Å². The van der Waals surface area contributed by atoms with E-state index in [9.17, 15) is 8.42 Å². The van der Waals surface area contributed by atoms with E-state index in [0.29, 0.717) is 36.8 Å². The lowest BCUT2D eigenvalue weighted by atomic mass is 10.0. The van der Waals surface area contributed by atoms with Crippen LogP contribution in [0.2, 0.25) is 0 Å². The molecule has 0 aliphatic carbocycles. The van der Waals surface area contributed by atoms with Crippen LogP contribution in [0, 0.1) is 12.8 Å². The zero-order chi connectivity index (χ0) is 19.4. The van der Waals surface area contributed by atoms with Crippen molar-refractivity contribution >= 4 is 10.0 Å². The Morgan fingerprint density at radius 3 is 2.78 bits per heavy atom. The van der Waals surface area contributed by atoms with E-state index in [4.69, 9.17) is 9.47 Å². The average molecular weight is 394 g/mol. The molecule has 0 N–H and O–H groups in total. The summed E-state index contributed by atoms with van der Waals surface area (Å²) in [6, 6.07) is 7.45. The minimum atomic E-state index is -3.53. The number of nitrogens with zero attached hydrogens (tertiary/aromatic N) is 3. The Morgan fingerprint density at radius 2 is 2.07 bits per heavy atom. The monoisotopic (exact) mass is 393 g/mol. The van der Waals surface area contributed by atoms with Crippen molar-refractivity contribution in [3.63, 3.8) is 0 Å². The molecular formula is C19H27N3O4S. The van der Waals surface area contributed by atoms with E-state index in [1.165, 1.54) is 6.20 Å². The number of methoxy groups -OCH3 is 1. The van der Waals surface area contributed by atoms with Crippen LogP contribution in [0.25, 0.3) is 0 Å². The van der Waals surface area contributed by atoms with Gasteiger partial charge in [-0.1, -0.05) is 6.07 Å². The Labute approximate surface area is 160 Å². The molecule has 1 atom stereocenters. The number of aryl methyl sites for hydroxylation is 1. The summed E-state index contributed by atoms with van der Waals surface area (Å²) < 4.78 is 40.5. The van der Waals surface area contributed by atoms with Gasteiger partial charge in [-0.05, 0) is 38.8 Å². The van der Waals surface area contributed by atoms with Gasteiger partial charge in [0.15, 0.2) is 0 Å². The summed E-state index contributed by atoms with van der Waals surface area (Å²) in [5, 5.41) is 4.18. The second-order valence-electron chi connectivity index (χ2n) is 6.77. The molecule has 27 heavy (non-hydrogen) atoms. The molecule has 0 bridgehead atoms. The van der Waals surface area contributed by atoms with Gasteiger partial charge < -0.3 is 9.47 Å². The number of ether oxygens (including phenoxy) is 2. The molecule has 1 aromatic heterocycles. The number of aromatic nitrogens is 2. The molecule has 1 aromatic carbocycles. The third-order valence-corrected chi connectivity index (χ3v) is 6.95. The van der Waals surface area contributed by atoms with Gasteiger partial charge in [0.2, 0.25) is 10.0 Å². The van der Waals surface area contributed by atoms with Gasteiger partial charge in [-0.3, -0.25) is 4.68 Å². The summed E-state index contributed by atoms with van der Waals surface area (Å²) in [6.07, 6.45) is 3.24. The van der Waals surface area contributed by atoms with Crippen LogP contribution in [0.15, 0.2) is 35.4 Å². The highest BCUT2D eigenvalue weighted by Gasteiger charge is 2.32. The predicted molar refractivity (Wildman–Crippen MR) is 103 cm³/mol. The molecule has 1 aliphatic heterocycles. The molecule has 0 amide bonds. The van der Waals surface area contributed by atoms with Crippen LogP contribution in [0.4, 0.5) is 0 Å². The molecule has 2 heterocycles. The summed E-state index contributed by atoms with van der Waals surface area (Å²) in [6.45, 7) is 5.88. The summed E-state index contributed by atoms with van der Waals surface area (Å²) >= 11 is 0. The summed E-state index contributed by atoms with van der Waals surface area (Å²) in [4.78, 5) is 0.304. The number of hydrogen-bond acceptors (Lipinski definition) is 5. The largest absolute Gasteiger partial charge is 0.497 e. The van der Waals surface area contributed by atoms with E-state index in [-0.39, 0.29) is 5.92 Å². The van der Waals surface area contributed by atoms with Gasteiger partial charge >= 0.3 is 0 Å². The van der Waals surface area contributed by atoms with Gasteiger partial charge in [0.1, 0.15) is 16.4 Å².